The third kappa shape index (κ3) is 5.54. The summed E-state index contributed by atoms with van der Waals surface area (Å²) >= 11 is 3.28. The van der Waals surface area contributed by atoms with Crippen molar-refractivity contribution in [3.63, 3.8) is 0 Å². The molecule has 0 aliphatic heterocycles. The lowest BCUT2D eigenvalue weighted by Gasteiger charge is -2.22. The summed E-state index contributed by atoms with van der Waals surface area (Å²) in [5.41, 5.74) is 0.906. The molecule has 0 spiro atoms. The van der Waals surface area contributed by atoms with Crippen molar-refractivity contribution in [1.82, 2.24) is 9.62 Å². The molecule has 0 aromatic heterocycles. The molecule has 0 radical (unpaired) electrons. The second-order valence-corrected chi connectivity index (χ2v) is 8.80. The minimum Gasteiger partial charge on any atom is -0.497 e. The second kappa shape index (κ2) is 9.34. The fraction of sp³-hybridized carbons (Fsp3) is 0.316. The molecule has 6 nitrogen and oxygen atoms in total. The van der Waals surface area contributed by atoms with Gasteiger partial charge in [0.25, 0.3) is 0 Å². The van der Waals surface area contributed by atoms with Gasteiger partial charge in [-0.1, -0.05) is 35.0 Å². The lowest BCUT2D eigenvalue weighted by Crippen LogP contribution is -2.41. The number of sulfonamides is 1. The Kier molecular flexibility index (Phi) is 7.41. The Labute approximate surface area is 168 Å². The van der Waals surface area contributed by atoms with E-state index in [1.54, 1.807) is 26.2 Å². The van der Waals surface area contributed by atoms with E-state index in [0.717, 1.165) is 20.1 Å². The van der Waals surface area contributed by atoms with Crippen LogP contribution in [0.15, 0.2) is 57.9 Å². The minimum atomic E-state index is -3.74. The van der Waals surface area contributed by atoms with Crippen molar-refractivity contribution >= 4 is 31.9 Å². The largest absolute Gasteiger partial charge is 0.497 e. The standard InChI is InChI=1S/C19H23BrN2O4S/c1-4-22(27(24,25)18-11-7-16(20)8-12-18)13-19(23)21-14(2)15-5-9-17(26-3)10-6-15/h5-12,14H,4,13H2,1-3H3,(H,21,23)/t14-/m1/s1. The monoisotopic (exact) mass is 454 g/mol. The molecule has 0 saturated heterocycles. The normalized spacial score (nSPS) is 12.6. The molecular weight excluding hydrogens is 432 g/mol. The Morgan fingerprint density at radius 1 is 1.15 bits per heavy atom. The minimum absolute atomic E-state index is 0.156. The van der Waals surface area contributed by atoms with Gasteiger partial charge in [-0.05, 0) is 48.9 Å². The molecule has 0 fully saturated rings. The summed E-state index contributed by atoms with van der Waals surface area (Å²) in [6, 6.07) is 13.4. The van der Waals surface area contributed by atoms with Crippen LogP contribution >= 0.6 is 15.9 Å². The molecule has 27 heavy (non-hydrogen) atoms. The number of hydrogen-bond acceptors (Lipinski definition) is 4. The zero-order valence-electron chi connectivity index (χ0n) is 15.5. The Balaban J connectivity index is 2.06. The molecule has 0 aliphatic carbocycles. The van der Waals surface area contributed by atoms with E-state index >= 15 is 0 Å². The van der Waals surface area contributed by atoms with Crippen molar-refractivity contribution in [3.8, 4) is 5.75 Å². The number of carbonyl (C=O) groups is 1. The highest BCUT2D eigenvalue weighted by molar-refractivity contribution is 9.10. The van der Waals surface area contributed by atoms with Crippen molar-refractivity contribution < 1.29 is 17.9 Å². The van der Waals surface area contributed by atoms with Crippen molar-refractivity contribution in [2.75, 3.05) is 20.2 Å². The van der Waals surface area contributed by atoms with Gasteiger partial charge in [-0.25, -0.2) is 8.42 Å². The van der Waals surface area contributed by atoms with Crippen molar-refractivity contribution in [1.29, 1.82) is 0 Å². The molecule has 1 atom stereocenters. The maximum Gasteiger partial charge on any atom is 0.243 e. The van der Waals surface area contributed by atoms with Crippen LogP contribution in [0.4, 0.5) is 0 Å². The maximum atomic E-state index is 12.8. The molecule has 0 unspecified atom stereocenters. The van der Waals surface area contributed by atoms with Gasteiger partial charge < -0.3 is 10.1 Å². The molecule has 8 heteroatoms. The van der Waals surface area contributed by atoms with E-state index in [1.807, 2.05) is 31.2 Å². The zero-order chi connectivity index (χ0) is 20.0. The number of rotatable bonds is 8. The third-order valence-corrected chi connectivity index (χ3v) is 6.58. The summed E-state index contributed by atoms with van der Waals surface area (Å²) in [4.78, 5) is 12.6. The average Bonchev–Trinajstić information content (AvgIpc) is 2.66. The molecule has 0 heterocycles. The van der Waals surface area contributed by atoms with Crippen LogP contribution in [0.2, 0.25) is 0 Å². The van der Waals surface area contributed by atoms with Gasteiger partial charge in [-0.2, -0.15) is 4.31 Å². The van der Waals surface area contributed by atoms with Crippen molar-refractivity contribution in [3.05, 3.63) is 58.6 Å². The van der Waals surface area contributed by atoms with Crippen LogP contribution in [0.1, 0.15) is 25.5 Å². The fourth-order valence-corrected chi connectivity index (χ4v) is 4.22. The molecule has 0 bridgehead atoms. The van der Waals surface area contributed by atoms with Crippen molar-refractivity contribution in [2.24, 2.45) is 0 Å². The van der Waals surface area contributed by atoms with Gasteiger partial charge in [0.05, 0.1) is 24.6 Å². The highest BCUT2D eigenvalue weighted by Crippen LogP contribution is 2.20. The lowest BCUT2D eigenvalue weighted by molar-refractivity contribution is -0.121. The van der Waals surface area contributed by atoms with Gasteiger partial charge in [0, 0.05) is 11.0 Å². The lowest BCUT2D eigenvalue weighted by atomic mass is 10.1. The number of likely N-dealkylation sites (N-methyl/N-ethyl adjacent to an activating group) is 1. The van der Waals surface area contributed by atoms with Gasteiger partial charge in [0.2, 0.25) is 15.9 Å². The first-order valence-corrected chi connectivity index (χ1v) is 10.7. The summed E-state index contributed by atoms with van der Waals surface area (Å²) in [6.45, 7) is 3.51. The number of methoxy groups -OCH3 is 1. The average molecular weight is 455 g/mol. The van der Waals surface area contributed by atoms with E-state index in [0.29, 0.717) is 0 Å². The Bertz CT molecular complexity index is 868. The van der Waals surface area contributed by atoms with E-state index in [9.17, 15) is 13.2 Å². The molecule has 2 aromatic carbocycles. The molecule has 2 rings (SSSR count). The first-order chi connectivity index (χ1) is 12.8. The van der Waals surface area contributed by atoms with Crippen LogP contribution in [0, 0.1) is 0 Å². The molecule has 0 aliphatic rings. The maximum absolute atomic E-state index is 12.8. The summed E-state index contributed by atoms with van der Waals surface area (Å²) in [6.07, 6.45) is 0. The van der Waals surface area contributed by atoms with E-state index in [1.165, 1.54) is 12.1 Å². The van der Waals surface area contributed by atoms with Gasteiger partial charge in [-0.15, -0.1) is 0 Å². The van der Waals surface area contributed by atoms with Gasteiger partial charge in [0.1, 0.15) is 5.75 Å². The number of amides is 1. The number of benzene rings is 2. The summed E-state index contributed by atoms with van der Waals surface area (Å²) < 4.78 is 32.6. The van der Waals surface area contributed by atoms with Gasteiger partial charge in [-0.3, -0.25) is 4.79 Å². The number of hydrogen-bond donors (Lipinski definition) is 1. The highest BCUT2D eigenvalue weighted by atomic mass is 79.9. The fourth-order valence-electron chi connectivity index (χ4n) is 2.55. The van der Waals surface area contributed by atoms with Gasteiger partial charge in [0.15, 0.2) is 0 Å². The zero-order valence-corrected chi connectivity index (χ0v) is 17.9. The smallest absolute Gasteiger partial charge is 0.243 e. The van der Waals surface area contributed by atoms with Gasteiger partial charge >= 0.3 is 0 Å². The van der Waals surface area contributed by atoms with E-state index < -0.39 is 10.0 Å². The molecule has 0 saturated carbocycles. The third-order valence-electron chi connectivity index (χ3n) is 4.12. The number of nitrogens with one attached hydrogen (secondary N) is 1. The molecule has 146 valence electrons. The second-order valence-electron chi connectivity index (χ2n) is 5.95. The van der Waals surface area contributed by atoms with Crippen LogP contribution in [0.25, 0.3) is 0 Å². The topological polar surface area (TPSA) is 75.7 Å². The highest BCUT2D eigenvalue weighted by Gasteiger charge is 2.25. The summed E-state index contributed by atoms with van der Waals surface area (Å²) in [5.74, 6) is 0.371. The van der Waals surface area contributed by atoms with E-state index in [4.69, 9.17) is 4.74 Å². The summed E-state index contributed by atoms with van der Waals surface area (Å²) in [7, 11) is -2.15. The van der Waals surface area contributed by atoms with Crippen LogP contribution in [0.3, 0.4) is 0 Å². The Morgan fingerprint density at radius 3 is 2.26 bits per heavy atom. The van der Waals surface area contributed by atoms with Crippen LogP contribution < -0.4 is 10.1 Å². The number of carbonyl (C=O) groups excluding carboxylic acids is 1. The van der Waals surface area contributed by atoms with Crippen LogP contribution in [-0.4, -0.2) is 38.8 Å². The number of nitrogens with zero attached hydrogens (tertiary/aromatic N) is 1. The summed E-state index contributed by atoms with van der Waals surface area (Å²) in [5, 5.41) is 2.84. The molecule has 1 N–H and O–H groups in total. The van der Waals surface area contributed by atoms with Crippen LogP contribution in [0.5, 0.6) is 5.75 Å². The Hall–Kier alpha value is -1.90. The van der Waals surface area contributed by atoms with Crippen LogP contribution in [-0.2, 0) is 14.8 Å². The Morgan fingerprint density at radius 2 is 1.74 bits per heavy atom. The molecule has 2 aromatic rings. The van der Waals surface area contributed by atoms with E-state index in [-0.39, 0.29) is 29.9 Å². The predicted octanol–water partition coefficient (Wildman–Crippen LogP) is 3.35. The number of ether oxygens (including phenoxy) is 1. The number of halogens is 1. The quantitative estimate of drug-likeness (QED) is 0.663. The van der Waals surface area contributed by atoms with Crippen molar-refractivity contribution in [2.45, 2.75) is 24.8 Å². The first kappa shape index (κ1) is 21.4. The first-order valence-electron chi connectivity index (χ1n) is 8.47. The van der Waals surface area contributed by atoms with E-state index in [2.05, 4.69) is 21.2 Å². The molecule has 1 amide bonds. The molecular formula is C19H23BrN2O4S. The SMILES string of the molecule is CCN(CC(=O)N[C@H](C)c1ccc(OC)cc1)S(=O)(=O)c1ccc(Br)cc1. The predicted molar refractivity (Wildman–Crippen MR) is 108 cm³/mol.